The second-order valence-corrected chi connectivity index (χ2v) is 5.98. The molecule has 1 aromatic rings. The third-order valence-electron chi connectivity index (χ3n) is 3.59. The molecular weight excluding hydrogens is 252 g/mol. The van der Waals surface area contributed by atoms with E-state index in [0.29, 0.717) is 6.04 Å². The summed E-state index contributed by atoms with van der Waals surface area (Å²) in [5.41, 5.74) is 0.877. The molecule has 19 heavy (non-hydrogen) atoms. The monoisotopic (exact) mass is 270 g/mol. The minimum Gasteiger partial charge on any atom is -0.313 e. The summed E-state index contributed by atoms with van der Waals surface area (Å²) in [7, 11) is 0. The third kappa shape index (κ3) is 3.32. The van der Waals surface area contributed by atoms with Gasteiger partial charge in [-0.15, -0.1) is 18.2 Å². The lowest BCUT2D eigenvalue weighted by molar-refractivity contribution is 0.230. The van der Waals surface area contributed by atoms with Crippen molar-refractivity contribution in [2.75, 3.05) is 18.1 Å². The van der Waals surface area contributed by atoms with E-state index in [2.05, 4.69) is 29.4 Å². The van der Waals surface area contributed by atoms with E-state index < -0.39 is 0 Å². The molecule has 0 radical (unpaired) electrons. The fraction of sp³-hybridized carbons (Fsp3) is 0.438. The van der Waals surface area contributed by atoms with Gasteiger partial charge in [0, 0.05) is 18.3 Å². The smallest absolute Gasteiger partial charge is 0.0852 e. The van der Waals surface area contributed by atoms with E-state index in [0.717, 1.165) is 36.5 Å². The van der Waals surface area contributed by atoms with E-state index in [-0.39, 0.29) is 5.41 Å². The van der Waals surface area contributed by atoms with Crippen LogP contribution >= 0.6 is 11.8 Å². The maximum atomic E-state index is 9.45. The van der Waals surface area contributed by atoms with E-state index >= 15 is 0 Å². The Balaban J connectivity index is 1.78. The molecule has 0 aromatic heterocycles. The van der Waals surface area contributed by atoms with Crippen LogP contribution in [-0.4, -0.2) is 24.1 Å². The molecule has 1 fully saturated rings. The SMILES string of the molecule is C#CCSCCNC1CC(C#N)(c2ccccc2)C1. The van der Waals surface area contributed by atoms with Gasteiger partial charge in [-0.05, 0) is 18.4 Å². The van der Waals surface area contributed by atoms with Gasteiger partial charge in [0.2, 0.25) is 0 Å². The quantitative estimate of drug-likeness (QED) is 0.637. The summed E-state index contributed by atoms with van der Waals surface area (Å²) in [4.78, 5) is 0. The minimum atomic E-state index is -0.273. The Kier molecular flexibility index (Phi) is 4.91. The van der Waals surface area contributed by atoms with Crippen molar-refractivity contribution in [3.8, 4) is 18.4 Å². The van der Waals surface area contributed by atoms with Crippen LogP contribution in [0.5, 0.6) is 0 Å². The van der Waals surface area contributed by atoms with Crippen LogP contribution in [-0.2, 0) is 5.41 Å². The van der Waals surface area contributed by atoms with Crippen molar-refractivity contribution in [3.63, 3.8) is 0 Å². The number of rotatable bonds is 6. The largest absolute Gasteiger partial charge is 0.313 e. The summed E-state index contributed by atoms with van der Waals surface area (Å²) in [5.74, 6) is 4.43. The highest BCUT2D eigenvalue weighted by molar-refractivity contribution is 7.99. The van der Waals surface area contributed by atoms with Gasteiger partial charge < -0.3 is 5.32 Å². The first-order valence-electron chi connectivity index (χ1n) is 6.52. The molecular formula is C16H18N2S. The van der Waals surface area contributed by atoms with Crippen LogP contribution in [0.25, 0.3) is 0 Å². The van der Waals surface area contributed by atoms with Gasteiger partial charge in [0.15, 0.2) is 0 Å². The number of hydrogen-bond donors (Lipinski definition) is 1. The molecule has 1 saturated carbocycles. The number of nitrogens with one attached hydrogen (secondary N) is 1. The molecule has 0 bridgehead atoms. The lowest BCUT2D eigenvalue weighted by Crippen LogP contribution is -2.51. The number of hydrogen-bond acceptors (Lipinski definition) is 3. The summed E-state index contributed by atoms with van der Waals surface area (Å²) >= 11 is 1.77. The minimum absolute atomic E-state index is 0.273. The van der Waals surface area contributed by atoms with Crippen LogP contribution < -0.4 is 5.32 Å². The van der Waals surface area contributed by atoms with Gasteiger partial charge in [-0.1, -0.05) is 36.3 Å². The predicted molar refractivity (Wildman–Crippen MR) is 80.9 cm³/mol. The lowest BCUT2D eigenvalue weighted by atomic mass is 9.62. The van der Waals surface area contributed by atoms with Gasteiger partial charge in [0.25, 0.3) is 0 Å². The van der Waals surface area contributed by atoms with Gasteiger partial charge in [-0.25, -0.2) is 0 Å². The molecule has 0 amide bonds. The average Bonchev–Trinajstić information content (AvgIpc) is 2.42. The predicted octanol–water partition coefficient (Wildman–Crippen LogP) is 2.57. The van der Waals surface area contributed by atoms with Gasteiger partial charge >= 0.3 is 0 Å². The van der Waals surface area contributed by atoms with Crippen molar-refractivity contribution < 1.29 is 0 Å². The number of nitrogens with zero attached hydrogens (tertiary/aromatic N) is 1. The topological polar surface area (TPSA) is 35.8 Å². The number of benzene rings is 1. The zero-order chi connectivity index (χ0) is 13.6. The highest BCUT2D eigenvalue weighted by Gasteiger charge is 2.45. The Morgan fingerprint density at radius 1 is 1.37 bits per heavy atom. The van der Waals surface area contributed by atoms with Gasteiger partial charge in [0.05, 0.1) is 17.2 Å². The first-order chi connectivity index (χ1) is 9.30. The van der Waals surface area contributed by atoms with Crippen molar-refractivity contribution in [3.05, 3.63) is 35.9 Å². The van der Waals surface area contributed by atoms with E-state index in [1.165, 1.54) is 0 Å². The molecule has 0 spiro atoms. The molecule has 2 rings (SSSR count). The Morgan fingerprint density at radius 2 is 2.11 bits per heavy atom. The molecule has 1 N–H and O–H groups in total. The normalized spacial score (nSPS) is 25.1. The van der Waals surface area contributed by atoms with Crippen molar-refractivity contribution in [2.24, 2.45) is 0 Å². The average molecular weight is 270 g/mol. The summed E-state index contributed by atoms with van der Waals surface area (Å²) < 4.78 is 0. The molecule has 2 nitrogen and oxygen atoms in total. The van der Waals surface area contributed by atoms with E-state index in [1.54, 1.807) is 11.8 Å². The molecule has 1 aromatic carbocycles. The molecule has 0 heterocycles. The van der Waals surface area contributed by atoms with Crippen LogP contribution in [0.4, 0.5) is 0 Å². The van der Waals surface area contributed by atoms with Crippen molar-refractivity contribution in [1.82, 2.24) is 5.32 Å². The molecule has 0 saturated heterocycles. The van der Waals surface area contributed by atoms with Crippen LogP contribution in [0.3, 0.4) is 0 Å². The van der Waals surface area contributed by atoms with Gasteiger partial charge in [-0.3, -0.25) is 0 Å². The molecule has 1 aliphatic carbocycles. The van der Waals surface area contributed by atoms with Gasteiger partial charge in [-0.2, -0.15) is 5.26 Å². The van der Waals surface area contributed by atoms with E-state index in [9.17, 15) is 5.26 Å². The Morgan fingerprint density at radius 3 is 2.74 bits per heavy atom. The van der Waals surface area contributed by atoms with E-state index in [4.69, 9.17) is 6.42 Å². The zero-order valence-corrected chi connectivity index (χ0v) is 11.7. The van der Waals surface area contributed by atoms with Crippen LogP contribution in [0, 0.1) is 23.7 Å². The van der Waals surface area contributed by atoms with Crippen LogP contribution in [0.1, 0.15) is 18.4 Å². The molecule has 3 heteroatoms. The van der Waals surface area contributed by atoms with Crippen molar-refractivity contribution >= 4 is 11.8 Å². The first kappa shape index (κ1) is 14.0. The van der Waals surface area contributed by atoms with Gasteiger partial charge in [0.1, 0.15) is 0 Å². The van der Waals surface area contributed by atoms with Crippen molar-refractivity contribution in [1.29, 1.82) is 5.26 Å². The summed E-state index contributed by atoms with van der Waals surface area (Å²) in [6, 6.07) is 13.1. The highest BCUT2D eigenvalue weighted by atomic mass is 32.2. The molecule has 0 atom stereocenters. The second kappa shape index (κ2) is 6.66. The fourth-order valence-electron chi connectivity index (χ4n) is 2.54. The zero-order valence-electron chi connectivity index (χ0n) is 10.9. The van der Waals surface area contributed by atoms with E-state index in [1.807, 2.05) is 18.2 Å². The maximum Gasteiger partial charge on any atom is 0.0852 e. The highest BCUT2D eigenvalue weighted by Crippen LogP contribution is 2.43. The number of thioether (sulfide) groups is 1. The molecule has 0 unspecified atom stereocenters. The molecule has 98 valence electrons. The Hall–Kier alpha value is -1.42. The first-order valence-corrected chi connectivity index (χ1v) is 7.67. The summed E-state index contributed by atoms with van der Waals surface area (Å²) in [5, 5.41) is 12.9. The number of terminal acetylenes is 1. The number of nitriles is 1. The fourth-order valence-corrected chi connectivity index (χ4v) is 3.07. The maximum absolute atomic E-state index is 9.45. The van der Waals surface area contributed by atoms with Crippen LogP contribution in [0.15, 0.2) is 30.3 Å². The molecule has 0 aliphatic heterocycles. The Bertz CT molecular complexity index is 478. The second-order valence-electron chi connectivity index (χ2n) is 4.88. The molecule has 1 aliphatic rings. The summed E-state index contributed by atoms with van der Waals surface area (Å²) in [6.07, 6.45) is 7.02. The van der Waals surface area contributed by atoms with Crippen LogP contribution in [0.2, 0.25) is 0 Å². The third-order valence-corrected chi connectivity index (χ3v) is 4.46. The Labute approximate surface area is 119 Å². The lowest BCUT2D eigenvalue weighted by Gasteiger charge is -2.43. The summed E-state index contributed by atoms with van der Waals surface area (Å²) in [6.45, 7) is 0.966. The van der Waals surface area contributed by atoms with Crippen molar-refractivity contribution in [2.45, 2.75) is 24.3 Å². The standard InChI is InChI=1S/C16H18N2S/c1-2-9-19-10-8-18-15-11-16(12-15,13-17)14-6-4-3-5-7-14/h1,3-7,15,18H,8-12H2.